The van der Waals surface area contributed by atoms with E-state index in [1.54, 1.807) is 50.6 Å². The van der Waals surface area contributed by atoms with Crippen molar-refractivity contribution < 1.29 is 19.0 Å². The van der Waals surface area contributed by atoms with Gasteiger partial charge in [0.2, 0.25) is 0 Å². The summed E-state index contributed by atoms with van der Waals surface area (Å²) in [7, 11) is 4.55. The third-order valence-corrected chi connectivity index (χ3v) is 4.33. The first-order chi connectivity index (χ1) is 12.5. The normalized spacial score (nSPS) is 12.0. The summed E-state index contributed by atoms with van der Waals surface area (Å²) < 4.78 is 16.5. The van der Waals surface area contributed by atoms with Crippen LogP contribution in [-0.4, -0.2) is 33.5 Å². The molecule has 138 valence electrons. The van der Waals surface area contributed by atoms with Crippen molar-refractivity contribution in [1.82, 2.24) is 5.43 Å². The van der Waals surface area contributed by atoms with Gasteiger partial charge in [-0.15, -0.1) is 0 Å². The highest BCUT2D eigenvalue weighted by Crippen LogP contribution is 2.35. The molecule has 0 spiro atoms. The molecule has 6 nitrogen and oxygen atoms in total. The van der Waals surface area contributed by atoms with E-state index in [1.807, 2.05) is 0 Å². The van der Waals surface area contributed by atoms with E-state index in [0.717, 1.165) is 5.56 Å². The Morgan fingerprint density at radius 2 is 1.88 bits per heavy atom. The van der Waals surface area contributed by atoms with Crippen molar-refractivity contribution in [3.63, 3.8) is 0 Å². The van der Waals surface area contributed by atoms with Gasteiger partial charge >= 0.3 is 0 Å². The number of methoxy groups -OCH3 is 3. The minimum atomic E-state index is -0.790. The summed E-state index contributed by atoms with van der Waals surface area (Å²) >= 11 is 9.27. The number of carbonyl (C=O) groups excluding carboxylic acids is 1. The van der Waals surface area contributed by atoms with Crippen LogP contribution in [0.15, 0.2) is 46.0 Å². The van der Waals surface area contributed by atoms with E-state index in [-0.39, 0.29) is 0 Å². The quantitative estimate of drug-likeness (QED) is 0.522. The average Bonchev–Trinajstić information content (AvgIpc) is 2.63. The molecule has 0 saturated carbocycles. The van der Waals surface area contributed by atoms with Gasteiger partial charge in [0.25, 0.3) is 5.91 Å². The van der Waals surface area contributed by atoms with Crippen LogP contribution in [0.3, 0.4) is 0 Å². The smallest absolute Gasteiger partial charge is 0.273 e. The second-order valence-corrected chi connectivity index (χ2v) is 6.43. The Morgan fingerprint density at radius 1 is 1.19 bits per heavy atom. The number of hydrogen-bond donors (Lipinski definition) is 1. The van der Waals surface area contributed by atoms with Gasteiger partial charge in [-0.05, 0) is 51.3 Å². The van der Waals surface area contributed by atoms with E-state index in [2.05, 4.69) is 26.5 Å². The van der Waals surface area contributed by atoms with Crippen LogP contribution >= 0.6 is 27.5 Å². The van der Waals surface area contributed by atoms with Crippen LogP contribution in [0, 0.1) is 0 Å². The zero-order chi connectivity index (χ0) is 19.1. The summed E-state index contributed by atoms with van der Waals surface area (Å²) in [6.07, 6.45) is 0.709. The van der Waals surface area contributed by atoms with Gasteiger partial charge < -0.3 is 14.2 Å². The average molecular weight is 442 g/mol. The van der Waals surface area contributed by atoms with Crippen molar-refractivity contribution in [3.05, 3.63) is 57.0 Å². The first-order valence-electron chi connectivity index (χ1n) is 7.52. The lowest BCUT2D eigenvalue weighted by Gasteiger charge is -2.13. The van der Waals surface area contributed by atoms with Gasteiger partial charge in [0.15, 0.2) is 17.6 Å². The Hall–Kier alpha value is -2.09. The molecule has 2 aromatic rings. The Balaban J connectivity index is 2.10. The predicted molar refractivity (Wildman–Crippen MR) is 104 cm³/mol. The van der Waals surface area contributed by atoms with Crippen LogP contribution in [0.5, 0.6) is 11.5 Å². The number of benzene rings is 2. The van der Waals surface area contributed by atoms with Gasteiger partial charge in [-0.3, -0.25) is 4.79 Å². The highest BCUT2D eigenvalue weighted by Gasteiger charge is 2.19. The highest BCUT2D eigenvalue weighted by atomic mass is 79.9. The van der Waals surface area contributed by atoms with Gasteiger partial charge in [-0.2, -0.15) is 5.10 Å². The number of rotatable bonds is 7. The molecule has 26 heavy (non-hydrogen) atoms. The number of carbonyl (C=O) groups is 1. The van der Waals surface area contributed by atoms with E-state index in [0.29, 0.717) is 26.6 Å². The fraction of sp³-hybridized carbons (Fsp3) is 0.222. The zero-order valence-electron chi connectivity index (χ0n) is 14.5. The lowest BCUT2D eigenvalue weighted by Crippen LogP contribution is -2.26. The lowest BCUT2D eigenvalue weighted by atomic mass is 10.1. The molecule has 0 heterocycles. The summed E-state index contributed by atoms with van der Waals surface area (Å²) in [5, 5.41) is 4.56. The maximum absolute atomic E-state index is 12.3. The largest absolute Gasteiger partial charge is 0.493 e. The lowest BCUT2D eigenvalue weighted by molar-refractivity contribution is -0.131. The van der Waals surface area contributed by atoms with Gasteiger partial charge in [0.1, 0.15) is 0 Å². The third-order valence-electron chi connectivity index (χ3n) is 3.49. The van der Waals surface area contributed by atoms with Crippen LogP contribution in [0.4, 0.5) is 0 Å². The molecular weight excluding hydrogens is 424 g/mol. The van der Waals surface area contributed by atoms with E-state index in [9.17, 15) is 4.79 Å². The molecule has 8 heteroatoms. The van der Waals surface area contributed by atoms with E-state index < -0.39 is 12.0 Å². The first kappa shape index (κ1) is 20.2. The van der Waals surface area contributed by atoms with E-state index in [1.165, 1.54) is 13.3 Å². The Labute approximate surface area is 165 Å². The van der Waals surface area contributed by atoms with Crippen LogP contribution in [-0.2, 0) is 9.53 Å². The second-order valence-electron chi connectivity index (χ2n) is 5.14. The highest BCUT2D eigenvalue weighted by molar-refractivity contribution is 9.10. The summed E-state index contributed by atoms with van der Waals surface area (Å²) in [5.74, 6) is 0.729. The molecule has 0 bridgehead atoms. The Bertz CT molecular complexity index is 797. The molecule has 0 saturated heterocycles. The summed E-state index contributed by atoms with van der Waals surface area (Å²) in [4.78, 5) is 12.3. The van der Waals surface area contributed by atoms with Crippen molar-refractivity contribution in [2.24, 2.45) is 5.10 Å². The summed E-state index contributed by atoms with van der Waals surface area (Å²) in [6.45, 7) is 0. The third kappa shape index (κ3) is 4.97. The summed E-state index contributed by atoms with van der Waals surface area (Å²) in [6, 6.07) is 10.4. The molecule has 2 rings (SSSR count). The van der Waals surface area contributed by atoms with Gasteiger partial charge in [0.05, 0.1) is 24.9 Å². The number of hydrazone groups is 1. The molecule has 1 N–H and O–H groups in total. The predicted octanol–water partition coefficient (Wildman–Crippen LogP) is 3.96. The number of amides is 1. The topological polar surface area (TPSA) is 69.2 Å². The van der Waals surface area contributed by atoms with Crippen LogP contribution in [0.25, 0.3) is 0 Å². The maximum atomic E-state index is 12.3. The minimum absolute atomic E-state index is 0.398. The molecule has 0 fully saturated rings. The number of ether oxygens (including phenoxy) is 3. The van der Waals surface area contributed by atoms with Crippen molar-refractivity contribution in [2.45, 2.75) is 6.10 Å². The molecule has 0 aliphatic rings. The molecule has 1 unspecified atom stereocenters. The number of hydrogen-bond acceptors (Lipinski definition) is 5. The molecule has 0 aliphatic heterocycles. The van der Waals surface area contributed by atoms with Crippen molar-refractivity contribution >= 4 is 39.7 Å². The van der Waals surface area contributed by atoms with Crippen LogP contribution < -0.4 is 14.9 Å². The van der Waals surface area contributed by atoms with Gasteiger partial charge in [0, 0.05) is 12.1 Å². The minimum Gasteiger partial charge on any atom is -0.493 e. The standard InChI is InChI=1S/C18H18BrClN2O4/c1-24-15-9-11(8-14(19)17(15)26-3)10-21-22-18(23)16(25-2)12-4-6-13(20)7-5-12/h4-10,16H,1-3H3,(H,22,23)/b21-10+. The molecule has 2 aromatic carbocycles. The number of nitrogens with one attached hydrogen (secondary N) is 1. The summed E-state index contributed by atoms with van der Waals surface area (Å²) in [5.41, 5.74) is 3.86. The molecule has 0 aromatic heterocycles. The monoisotopic (exact) mass is 440 g/mol. The number of nitrogens with zero attached hydrogens (tertiary/aromatic N) is 1. The SMILES string of the molecule is COc1cc(/C=N/NC(=O)C(OC)c2ccc(Cl)cc2)cc(Br)c1OC. The fourth-order valence-electron chi connectivity index (χ4n) is 2.27. The second kappa shape index (κ2) is 9.56. The van der Waals surface area contributed by atoms with Gasteiger partial charge in [-0.25, -0.2) is 5.43 Å². The number of halogens is 2. The molecule has 1 amide bonds. The van der Waals surface area contributed by atoms with E-state index >= 15 is 0 Å². The van der Waals surface area contributed by atoms with Crippen molar-refractivity contribution in [3.8, 4) is 11.5 Å². The molecular formula is C18H18BrClN2O4. The fourth-order valence-corrected chi connectivity index (χ4v) is 3.02. The molecule has 1 atom stereocenters. The Morgan fingerprint density at radius 3 is 2.46 bits per heavy atom. The van der Waals surface area contributed by atoms with Crippen LogP contribution in [0.2, 0.25) is 5.02 Å². The molecule has 0 radical (unpaired) electrons. The van der Waals surface area contributed by atoms with Crippen LogP contribution in [0.1, 0.15) is 17.2 Å². The first-order valence-corrected chi connectivity index (χ1v) is 8.70. The van der Waals surface area contributed by atoms with Crippen molar-refractivity contribution in [1.29, 1.82) is 0 Å². The Kier molecular flexibility index (Phi) is 7.44. The van der Waals surface area contributed by atoms with E-state index in [4.69, 9.17) is 25.8 Å². The van der Waals surface area contributed by atoms with Crippen molar-refractivity contribution in [2.75, 3.05) is 21.3 Å². The van der Waals surface area contributed by atoms with Gasteiger partial charge in [-0.1, -0.05) is 23.7 Å². The maximum Gasteiger partial charge on any atom is 0.273 e. The molecule has 0 aliphatic carbocycles. The zero-order valence-corrected chi connectivity index (χ0v) is 16.8.